The van der Waals surface area contributed by atoms with E-state index in [2.05, 4.69) is 0 Å². The van der Waals surface area contributed by atoms with Crippen LogP contribution in [-0.2, 0) is 0 Å². The van der Waals surface area contributed by atoms with Crippen LogP contribution in [-0.4, -0.2) is 28.3 Å². The summed E-state index contributed by atoms with van der Waals surface area (Å²) in [6, 6.07) is 7.99. The second kappa shape index (κ2) is 4.55. The van der Waals surface area contributed by atoms with Crippen molar-refractivity contribution in [3.05, 3.63) is 46.3 Å². The molecule has 2 aromatic rings. The summed E-state index contributed by atoms with van der Waals surface area (Å²) in [4.78, 5) is 25.4. The van der Waals surface area contributed by atoms with Crippen molar-refractivity contribution in [2.24, 2.45) is 0 Å². The van der Waals surface area contributed by atoms with Crippen molar-refractivity contribution in [1.29, 1.82) is 5.41 Å². The average Bonchev–Trinajstić information content (AvgIpc) is 2.84. The van der Waals surface area contributed by atoms with Crippen molar-refractivity contribution < 1.29 is 9.21 Å². The van der Waals surface area contributed by atoms with Crippen LogP contribution in [0.15, 0.2) is 39.5 Å². The van der Waals surface area contributed by atoms with E-state index < -0.39 is 5.91 Å². The van der Waals surface area contributed by atoms with Crippen molar-refractivity contribution in [3.8, 4) is 0 Å². The van der Waals surface area contributed by atoms with Gasteiger partial charge in [0, 0.05) is 18.4 Å². The third-order valence-corrected chi connectivity index (χ3v) is 3.77. The van der Waals surface area contributed by atoms with Crippen molar-refractivity contribution in [1.82, 2.24) is 4.90 Å². The van der Waals surface area contributed by atoms with E-state index in [1.54, 1.807) is 24.3 Å². The zero-order valence-electron chi connectivity index (χ0n) is 9.88. The number of nitrogens with one attached hydrogen (secondary N) is 1. The highest BCUT2D eigenvalue weighted by Gasteiger charge is 2.27. The number of amides is 1. The Balaban J connectivity index is 2.08. The van der Waals surface area contributed by atoms with E-state index in [-0.39, 0.29) is 16.4 Å². The highest BCUT2D eigenvalue weighted by Crippen LogP contribution is 2.20. The van der Waals surface area contributed by atoms with Crippen LogP contribution in [0.4, 0.5) is 0 Å². The lowest BCUT2D eigenvalue weighted by Crippen LogP contribution is -2.31. The van der Waals surface area contributed by atoms with Gasteiger partial charge in [0.05, 0.1) is 5.39 Å². The molecule has 5 nitrogen and oxygen atoms in total. The molecule has 0 atom stereocenters. The van der Waals surface area contributed by atoms with Crippen LogP contribution < -0.4 is 5.43 Å². The van der Waals surface area contributed by atoms with Crippen LogP contribution in [0.5, 0.6) is 0 Å². The first kappa shape index (κ1) is 12.0. The number of para-hydroxylation sites is 1. The molecule has 1 saturated heterocycles. The third kappa shape index (κ3) is 2.04. The molecule has 1 aromatic carbocycles. The number of thioether (sulfide) groups is 1. The summed E-state index contributed by atoms with van der Waals surface area (Å²) in [6.45, 7) is 0.471. The lowest BCUT2D eigenvalue weighted by Gasteiger charge is -2.13. The molecule has 1 aliphatic heterocycles. The van der Waals surface area contributed by atoms with E-state index >= 15 is 0 Å². The molecule has 1 aliphatic rings. The minimum atomic E-state index is -0.433. The summed E-state index contributed by atoms with van der Waals surface area (Å²) < 4.78 is 5.47. The van der Waals surface area contributed by atoms with Crippen LogP contribution >= 0.6 is 11.8 Å². The molecule has 1 fully saturated rings. The molecule has 96 valence electrons. The Kier molecular flexibility index (Phi) is 2.87. The number of carbonyl (C=O) groups is 1. The molecule has 6 heteroatoms. The van der Waals surface area contributed by atoms with E-state index in [9.17, 15) is 9.59 Å². The number of rotatable bonds is 1. The summed E-state index contributed by atoms with van der Waals surface area (Å²) in [5, 5.41) is 8.29. The Morgan fingerprint density at radius 2 is 2.16 bits per heavy atom. The predicted molar refractivity (Wildman–Crippen MR) is 73.7 cm³/mol. The van der Waals surface area contributed by atoms with Gasteiger partial charge in [-0.25, -0.2) is 0 Å². The molecule has 1 N–H and O–H groups in total. The summed E-state index contributed by atoms with van der Waals surface area (Å²) in [6.07, 6.45) is 0. The summed E-state index contributed by atoms with van der Waals surface area (Å²) >= 11 is 1.30. The minimum Gasteiger partial charge on any atom is -0.451 e. The van der Waals surface area contributed by atoms with Gasteiger partial charge in [-0.3, -0.25) is 19.9 Å². The van der Waals surface area contributed by atoms with Crippen LogP contribution in [0.25, 0.3) is 11.0 Å². The van der Waals surface area contributed by atoms with Crippen LogP contribution in [0.1, 0.15) is 10.6 Å². The monoisotopic (exact) mass is 274 g/mol. The minimum absolute atomic E-state index is 0.0176. The van der Waals surface area contributed by atoms with E-state index in [1.165, 1.54) is 22.7 Å². The smallest absolute Gasteiger partial charge is 0.295 e. The van der Waals surface area contributed by atoms with Gasteiger partial charge in [0.15, 0.2) is 16.4 Å². The lowest BCUT2D eigenvalue weighted by molar-refractivity contribution is 0.0829. The van der Waals surface area contributed by atoms with Gasteiger partial charge in [0.1, 0.15) is 5.58 Å². The van der Waals surface area contributed by atoms with Crippen molar-refractivity contribution >= 4 is 33.8 Å². The Morgan fingerprint density at radius 1 is 1.37 bits per heavy atom. The SMILES string of the molecule is N=C1SCCN1C(=O)c1cc(=O)c2ccccc2o1. The van der Waals surface area contributed by atoms with Gasteiger partial charge in [-0.1, -0.05) is 23.9 Å². The maximum atomic E-state index is 12.2. The Bertz CT molecular complexity index is 738. The van der Waals surface area contributed by atoms with Crippen LogP contribution in [0.3, 0.4) is 0 Å². The molecule has 3 rings (SSSR count). The molecule has 0 unspecified atom stereocenters. The third-order valence-electron chi connectivity index (χ3n) is 2.89. The van der Waals surface area contributed by atoms with E-state index in [0.717, 1.165) is 0 Å². The molecule has 1 aromatic heterocycles. The molecule has 19 heavy (non-hydrogen) atoms. The van der Waals surface area contributed by atoms with Gasteiger partial charge >= 0.3 is 0 Å². The number of hydrogen-bond acceptors (Lipinski definition) is 5. The predicted octanol–water partition coefficient (Wildman–Crippen LogP) is 1.92. The van der Waals surface area contributed by atoms with Gasteiger partial charge < -0.3 is 4.42 Å². The molecule has 0 saturated carbocycles. The van der Waals surface area contributed by atoms with E-state index in [0.29, 0.717) is 23.3 Å². The fourth-order valence-corrected chi connectivity index (χ4v) is 2.75. The molecular weight excluding hydrogens is 264 g/mol. The number of fused-ring (bicyclic) bond motifs is 1. The lowest BCUT2D eigenvalue weighted by atomic mass is 10.2. The first-order chi connectivity index (χ1) is 9.16. The molecule has 0 spiro atoms. The summed E-state index contributed by atoms with van der Waals surface area (Å²) in [5.74, 6) is 0.247. The Labute approximate surface area is 112 Å². The van der Waals surface area contributed by atoms with Crippen LogP contribution in [0, 0.1) is 5.41 Å². The summed E-state index contributed by atoms with van der Waals surface area (Å²) in [5.41, 5.74) is 0.139. The fourth-order valence-electron chi connectivity index (χ4n) is 1.95. The highest BCUT2D eigenvalue weighted by atomic mass is 32.2. The Morgan fingerprint density at radius 3 is 2.89 bits per heavy atom. The number of nitrogens with zero attached hydrogens (tertiary/aromatic N) is 1. The quantitative estimate of drug-likeness (QED) is 0.862. The fraction of sp³-hybridized carbons (Fsp3) is 0.154. The normalized spacial score (nSPS) is 15.2. The van der Waals surface area contributed by atoms with Gasteiger partial charge in [0.25, 0.3) is 5.91 Å². The number of hydrogen-bond donors (Lipinski definition) is 1. The molecule has 0 radical (unpaired) electrons. The number of benzene rings is 1. The van der Waals surface area contributed by atoms with Gasteiger partial charge in [-0.05, 0) is 12.1 Å². The maximum Gasteiger partial charge on any atom is 0.295 e. The van der Waals surface area contributed by atoms with Crippen LogP contribution in [0.2, 0.25) is 0 Å². The van der Waals surface area contributed by atoms with Gasteiger partial charge in [-0.15, -0.1) is 0 Å². The highest BCUT2D eigenvalue weighted by molar-refractivity contribution is 8.14. The van der Waals surface area contributed by atoms with Gasteiger partial charge in [0.2, 0.25) is 0 Å². The van der Waals surface area contributed by atoms with Gasteiger partial charge in [-0.2, -0.15) is 0 Å². The zero-order chi connectivity index (χ0) is 13.4. The largest absolute Gasteiger partial charge is 0.451 e. The average molecular weight is 274 g/mol. The molecule has 2 heterocycles. The number of carbonyl (C=O) groups excluding carboxylic acids is 1. The topological polar surface area (TPSA) is 74.4 Å². The second-order valence-corrected chi connectivity index (χ2v) is 5.17. The molecular formula is C13H10N2O3S. The summed E-state index contributed by atoms with van der Waals surface area (Å²) in [7, 11) is 0. The number of amidine groups is 1. The molecule has 0 bridgehead atoms. The standard InChI is InChI=1S/C13H10N2O3S/c14-13-15(5-6-19-13)12(17)11-7-9(16)8-3-1-2-4-10(8)18-11/h1-4,7,14H,5-6H2. The van der Waals surface area contributed by atoms with E-state index in [4.69, 9.17) is 9.83 Å². The molecule has 1 amide bonds. The second-order valence-electron chi connectivity index (χ2n) is 4.08. The zero-order valence-corrected chi connectivity index (χ0v) is 10.7. The Hall–Kier alpha value is -2.08. The molecule has 0 aliphatic carbocycles. The maximum absolute atomic E-state index is 12.2. The van der Waals surface area contributed by atoms with E-state index in [1.807, 2.05) is 0 Å². The first-order valence-electron chi connectivity index (χ1n) is 5.73. The van der Waals surface area contributed by atoms with Crippen molar-refractivity contribution in [3.63, 3.8) is 0 Å². The van der Waals surface area contributed by atoms with Crippen molar-refractivity contribution in [2.45, 2.75) is 0 Å². The van der Waals surface area contributed by atoms with Crippen molar-refractivity contribution in [2.75, 3.05) is 12.3 Å². The first-order valence-corrected chi connectivity index (χ1v) is 6.71.